The van der Waals surface area contributed by atoms with Crippen LogP contribution in [0.1, 0.15) is 29.6 Å². The largest absolute Gasteiger partial charge is 0.478 e. The molecule has 6 heteroatoms. The lowest BCUT2D eigenvalue weighted by Gasteiger charge is -2.14. The molecule has 0 saturated carbocycles. The van der Waals surface area contributed by atoms with Crippen molar-refractivity contribution in [3.63, 3.8) is 0 Å². The minimum atomic E-state index is -1.11. The van der Waals surface area contributed by atoms with Gasteiger partial charge in [0.05, 0.1) is 10.6 Å². The SMILES string of the molecule is O=C(CCN1CCCC1)Nc1ccc(Cl)c(C(=O)O)c1. The molecule has 1 aliphatic rings. The van der Waals surface area contributed by atoms with Gasteiger partial charge in [-0.05, 0) is 44.1 Å². The van der Waals surface area contributed by atoms with Gasteiger partial charge in [0.25, 0.3) is 0 Å². The molecule has 1 aliphatic heterocycles. The maximum atomic E-state index is 11.8. The lowest BCUT2D eigenvalue weighted by molar-refractivity contribution is -0.116. The summed E-state index contributed by atoms with van der Waals surface area (Å²) in [6, 6.07) is 4.45. The van der Waals surface area contributed by atoms with Crippen molar-refractivity contribution in [2.45, 2.75) is 19.3 Å². The highest BCUT2D eigenvalue weighted by Crippen LogP contribution is 2.20. The van der Waals surface area contributed by atoms with Crippen LogP contribution in [0.4, 0.5) is 5.69 Å². The summed E-state index contributed by atoms with van der Waals surface area (Å²) in [4.78, 5) is 25.0. The van der Waals surface area contributed by atoms with E-state index in [0.717, 1.165) is 19.6 Å². The molecule has 1 amide bonds. The summed E-state index contributed by atoms with van der Waals surface area (Å²) >= 11 is 5.77. The van der Waals surface area contributed by atoms with Crippen molar-refractivity contribution in [2.24, 2.45) is 0 Å². The molecule has 2 N–H and O–H groups in total. The quantitative estimate of drug-likeness (QED) is 0.876. The van der Waals surface area contributed by atoms with Crippen molar-refractivity contribution >= 4 is 29.2 Å². The Kier molecular flexibility index (Phi) is 4.98. The third-order valence-electron chi connectivity index (χ3n) is 3.33. The van der Waals surface area contributed by atoms with Crippen LogP contribution in [-0.2, 0) is 4.79 Å². The second-order valence-corrected chi connectivity index (χ2v) is 5.25. The smallest absolute Gasteiger partial charge is 0.337 e. The standard InChI is InChI=1S/C14H17ClN2O3/c15-12-4-3-10(9-11(12)14(19)20)16-13(18)5-8-17-6-1-2-7-17/h3-4,9H,1-2,5-8H2,(H,16,18)(H,19,20). The van der Waals surface area contributed by atoms with E-state index < -0.39 is 5.97 Å². The molecule has 0 aliphatic carbocycles. The maximum Gasteiger partial charge on any atom is 0.337 e. The Morgan fingerprint density at radius 1 is 1.30 bits per heavy atom. The molecule has 0 atom stereocenters. The van der Waals surface area contributed by atoms with Crippen molar-refractivity contribution in [2.75, 3.05) is 25.0 Å². The first-order chi connectivity index (χ1) is 9.56. The van der Waals surface area contributed by atoms with Crippen LogP contribution in [-0.4, -0.2) is 41.5 Å². The number of carbonyl (C=O) groups is 2. The summed E-state index contributed by atoms with van der Waals surface area (Å²) in [5, 5.41) is 11.8. The van der Waals surface area contributed by atoms with E-state index in [0.29, 0.717) is 12.1 Å². The zero-order valence-electron chi connectivity index (χ0n) is 11.1. The van der Waals surface area contributed by atoms with E-state index in [4.69, 9.17) is 16.7 Å². The number of aromatic carboxylic acids is 1. The van der Waals surface area contributed by atoms with E-state index in [1.54, 1.807) is 6.07 Å². The van der Waals surface area contributed by atoms with Crippen molar-refractivity contribution in [1.82, 2.24) is 4.90 Å². The molecule has 0 bridgehead atoms. The number of carboxylic acids is 1. The third-order valence-corrected chi connectivity index (χ3v) is 3.66. The maximum absolute atomic E-state index is 11.8. The van der Waals surface area contributed by atoms with E-state index in [1.807, 2.05) is 0 Å². The number of halogens is 1. The fourth-order valence-corrected chi connectivity index (χ4v) is 2.45. The van der Waals surface area contributed by atoms with Gasteiger partial charge in [0.1, 0.15) is 0 Å². The van der Waals surface area contributed by atoms with Gasteiger partial charge in [-0.25, -0.2) is 4.79 Å². The van der Waals surface area contributed by atoms with Gasteiger partial charge in [-0.1, -0.05) is 11.6 Å². The summed E-state index contributed by atoms with van der Waals surface area (Å²) in [6.45, 7) is 2.85. The van der Waals surface area contributed by atoms with Gasteiger partial charge < -0.3 is 15.3 Å². The van der Waals surface area contributed by atoms with Crippen LogP contribution in [0.3, 0.4) is 0 Å². The molecule has 20 heavy (non-hydrogen) atoms. The molecule has 1 fully saturated rings. The molecule has 1 heterocycles. The normalized spacial score (nSPS) is 15.2. The van der Waals surface area contributed by atoms with E-state index in [9.17, 15) is 9.59 Å². The molecule has 0 radical (unpaired) electrons. The predicted octanol–water partition coefficient (Wildman–Crippen LogP) is 2.46. The number of hydrogen-bond acceptors (Lipinski definition) is 3. The Labute approximate surface area is 122 Å². The summed E-state index contributed by atoms with van der Waals surface area (Å²) in [5.74, 6) is -1.22. The average molecular weight is 297 g/mol. The number of carbonyl (C=O) groups excluding carboxylic acids is 1. The fraction of sp³-hybridized carbons (Fsp3) is 0.429. The highest BCUT2D eigenvalue weighted by molar-refractivity contribution is 6.33. The van der Waals surface area contributed by atoms with Gasteiger partial charge in [0.15, 0.2) is 0 Å². The monoisotopic (exact) mass is 296 g/mol. The zero-order chi connectivity index (χ0) is 14.5. The van der Waals surface area contributed by atoms with Gasteiger partial charge >= 0.3 is 5.97 Å². The Hall–Kier alpha value is -1.59. The molecule has 0 unspecified atom stereocenters. The molecule has 108 valence electrons. The van der Waals surface area contributed by atoms with Crippen molar-refractivity contribution in [1.29, 1.82) is 0 Å². The van der Waals surface area contributed by atoms with Crippen LogP contribution in [0.2, 0.25) is 5.02 Å². The number of likely N-dealkylation sites (tertiary alicyclic amines) is 1. The number of carboxylic acid groups (broad SMARTS) is 1. The third kappa shape index (κ3) is 3.95. The van der Waals surface area contributed by atoms with Crippen molar-refractivity contribution in [3.8, 4) is 0 Å². The molecular formula is C14H17ClN2O3. The van der Waals surface area contributed by atoms with E-state index in [2.05, 4.69) is 10.2 Å². The van der Waals surface area contributed by atoms with E-state index in [1.165, 1.54) is 25.0 Å². The number of hydrogen-bond donors (Lipinski definition) is 2. The summed E-state index contributed by atoms with van der Waals surface area (Å²) in [5.41, 5.74) is 0.447. The van der Waals surface area contributed by atoms with Gasteiger partial charge in [-0.2, -0.15) is 0 Å². The first kappa shape index (κ1) is 14.8. The van der Waals surface area contributed by atoms with Gasteiger partial charge in [-0.15, -0.1) is 0 Å². The summed E-state index contributed by atoms with van der Waals surface area (Å²) in [7, 11) is 0. The van der Waals surface area contributed by atoms with Crippen LogP contribution in [0.25, 0.3) is 0 Å². The average Bonchev–Trinajstić information content (AvgIpc) is 2.91. The first-order valence-electron chi connectivity index (χ1n) is 6.61. The number of amides is 1. The molecular weight excluding hydrogens is 280 g/mol. The number of anilines is 1. The highest BCUT2D eigenvalue weighted by atomic mass is 35.5. The number of rotatable bonds is 5. The number of nitrogens with one attached hydrogen (secondary N) is 1. The van der Waals surface area contributed by atoms with Crippen LogP contribution in [0, 0.1) is 0 Å². The number of nitrogens with zero attached hydrogens (tertiary/aromatic N) is 1. The van der Waals surface area contributed by atoms with E-state index in [-0.39, 0.29) is 16.5 Å². The Balaban J connectivity index is 1.90. The topological polar surface area (TPSA) is 69.6 Å². The lowest BCUT2D eigenvalue weighted by atomic mass is 10.2. The van der Waals surface area contributed by atoms with Gasteiger partial charge in [-0.3, -0.25) is 4.79 Å². The van der Waals surface area contributed by atoms with Gasteiger partial charge in [0, 0.05) is 18.7 Å². The molecule has 0 spiro atoms. The van der Waals surface area contributed by atoms with E-state index >= 15 is 0 Å². The van der Waals surface area contributed by atoms with Crippen molar-refractivity contribution < 1.29 is 14.7 Å². The van der Waals surface area contributed by atoms with Crippen LogP contribution in [0.5, 0.6) is 0 Å². The molecule has 5 nitrogen and oxygen atoms in total. The zero-order valence-corrected chi connectivity index (χ0v) is 11.8. The Morgan fingerprint density at radius 3 is 2.65 bits per heavy atom. The second-order valence-electron chi connectivity index (χ2n) is 4.85. The van der Waals surface area contributed by atoms with Crippen LogP contribution < -0.4 is 5.32 Å². The van der Waals surface area contributed by atoms with Crippen LogP contribution >= 0.6 is 11.6 Å². The minimum Gasteiger partial charge on any atom is -0.478 e. The molecule has 0 aromatic heterocycles. The summed E-state index contributed by atoms with van der Waals surface area (Å²) < 4.78 is 0. The predicted molar refractivity (Wildman–Crippen MR) is 77.3 cm³/mol. The first-order valence-corrected chi connectivity index (χ1v) is 6.99. The fourth-order valence-electron chi connectivity index (χ4n) is 2.26. The second kappa shape index (κ2) is 6.72. The Morgan fingerprint density at radius 2 is 2.00 bits per heavy atom. The minimum absolute atomic E-state index is 0.0102. The lowest BCUT2D eigenvalue weighted by Crippen LogP contribution is -2.25. The van der Waals surface area contributed by atoms with Crippen LogP contribution in [0.15, 0.2) is 18.2 Å². The molecule has 1 aromatic carbocycles. The number of benzene rings is 1. The molecule has 1 saturated heterocycles. The Bertz CT molecular complexity index is 513. The summed E-state index contributed by atoms with van der Waals surface area (Å²) in [6.07, 6.45) is 2.80. The van der Waals surface area contributed by atoms with Crippen molar-refractivity contribution in [3.05, 3.63) is 28.8 Å². The van der Waals surface area contributed by atoms with Gasteiger partial charge in [0.2, 0.25) is 5.91 Å². The molecule has 1 aromatic rings. The molecule has 2 rings (SSSR count). The highest BCUT2D eigenvalue weighted by Gasteiger charge is 2.14.